The summed E-state index contributed by atoms with van der Waals surface area (Å²) in [5, 5.41) is 0. The molecule has 1 aliphatic heterocycles. The maximum atomic E-state index is 12.2. The van der Waals surface area contributed by atoms with E-state index in [0.717, 1.165) is 5.69 Å². The minimum atomic E-state index is -4.38. The van der Waals surface area contributed by atoms with Crippen LogP contribution in [0.5, 0.6) is 5.75 Å². The summed E-state index contributed by atoms with van der Waals surface area (Å²) < 4.78 is 46.7. The minimum Gasteiger partial charge on any atom is -0.482 e. The van der Waals surface area contributed by atoms with E-state index in [1.165, 1.54) is 0 Å². The van der Waals surface area contributed by atoms with Crippen LogP contribution in [-0.2, 0) is 4.74 Å². The van der Waals surface area contributed by atoms with Crippen molar-refractivity contribution in [1.29, 1.82) is 0 Å². The van der Waals surface area contributed by atoms with Gasteiger partial charge in [-0.1, -0.05) is 0 Å². The summed E-state index contributed by atoms with van der Waals surface area (Å²) in [6.07, 6.45) is -4.29. The highest BCUT2D eigenvalue weighted by Gasteiger charge is 2.29. The lowest BCUT2D eigenvalue weighted by molar-refractivity contribution is -0.153. The van der Waals surface area contributed by atoms with Crippen LogP contribution >= 0.6 is 0 Å². The van der Waals surface area contributed by atoms with Crippen LogP contribution in [0.3, 0.4) is 0 Å². The average Bonchev–Trinajstić information content (AvgIpc) is 2.37. The zero-order valence-corrected chi connectivity index (χ0v) is 11.1. The molecular formula is C13H17F3N2O2. The Hall–Kier alpha value is -1.63. The van der Waals surface area contributed by atoms with Gasteiger partial charge in [0.1, 0.15) is 5.75 Å². The van der Waals surface area contributed by atoms with Crippen molar-refractivity contribution in [3.8, 4) is 5.75 Å². The molecule has 1 aromatic carbocycles. The lowest BCUT2D eigenvalue weighted by Crippen LogP contribution is -2.41. The Balaban J connectivity index is 2.11. The van der Waals surface area contributed by atoms with Crippen molar-refractivity contribution in [2.45, 2.75) is 19.2 Å². The number of nitrogens with two attached hydrogens (primary N) is 1. The number of benzene rings is 1. The highest BCUT2D eigenvalue weighted by atomic mass is 19.4. The monoisotopic (exact) mass is 290 g/mol. The third kappa shape index (κ3) is 3.93. The highest BCUT2D eigenvalue weighted by molar-refractivity contribution is 5.62. The number of nitrogens with zero attached hydrogens (tertiary/aromatic N) is 1. The van der Waals surface area contributed by atoms with Crippen LogP contribution < -0.4 is 15.4 Å². The molecule has 0 spiro atoms. The second-order valence-electron chi connectivity index (χ2n) is 4.75. The molecule has 0 saturated carbocycles. The molecule has 7 heteroatoms. The molecule has 2 N–H and O–H groups in total. The SMILES string of the molecule is CC1CN(c2ccc(N)c(OCC(F)(F)F)c2)CCO1. The van der Waals surface area contributed by atoms with Gasteiger partial charge in [-0.2, -0.15) is 13.2 Å². The predicted molar refractivity (Wildman–Crippen MR) is 70.0 cm³/mol. The molecule has 1 unspecified atom stereocenters. The van der Waals surface area contributed by atoms with E-state index in [1.54, 1.807) is 18.2 Å². The van der Waals surface area contributed by atoms with E-state index in [2.05, 4.69) is 0 Å². The third-order valence-corrected chi connectivity index (χ3v) is 2.99. The first kappa shape index (κ1) is 14.8. The molecule has 0 radical (unpaired) electrons. The maximum Gasteiger partial charge on any atom is 0.422 e. The Kier molecular flexibility index (Phi) is 4.27. The molecule has 112 valence electrons. The molecule has 1 saturated heterocycles. The first-order valence-electron chi connectivity index (χ1n) is 6.31. The zero-order chi connectivity index (χ0) is 14.8. The molecule has 2 rings (SSSR count). The number of morpholine rings is 1. The smallest absolute Gasteiger partial charge is 0.422 e. The van der Waals surface area contributed by atoms with Gasteiger partial charge in [-0.15, -0.1) is 0 Å². The summed E-state index contributed by atoms with van der Waals surface area (Å²) >= 11 is 0. The molecule has 0 amide bonds. The van der Waals surface area contributed by atoms with E-state index in [1.807, 2.05) is 11.8 Å². The van der Waals surface area contributed by atoms with Gasteiger partial charge in [0.2, 0.25) is 0 Å². The van der Waals surface area contributed by atoms with Crippen LogP contribution in [0, 0.1) is 0 Å². The molecule has 1 heterocycles. The van der Waals surface area contributed by atoms with Crippen LogP contribution in [0.1, 0.15) is 6.92 Å². The topological polar surface area (TPSA) is 47.7 Å². The van der Waals surface area contributed by atoms with Gasteiger partial charge in [0.05, 0.1) is 18.4 Å². The molecule has 0 bridgehead atoms. The Morgan fingerprint density at radius 3 is 2.85 bits per heavy atom. The molecule has 4 nitrogen and oxygen atoms in total. The van der Waals surface area contributed by atoms with Gasteiger partial charge in [-0.05, 0) is 19.1 Å². The lowest BCUT2D eigenvalue weighted by atomic mass is 10.2. The normalized spacial score (nSPS) is 20.0. The summed E-state index contributed by atoms with van der Waals surface area (Å²) in [4.78, 5) is 2.04. The third-order valence-electron chi connectivity index (χ3n) is 2.99. The predicted octanol–water partition coefficient (Wildman–Crippen LogP) is 2.44. The average molecular weight is 290 g/mol. The largest absolute Gasteiger partial charge is 0.482 e. The van der Waals surface area contributed by atoms with Crippen molar-refractivity contribution in [3.63, 3.8) is 0 Å². The fourth-order valence-corrected chi connectivity index (χ4v) is 2.06. The number of ether oxygens (including phenoxy) is 2. The van der Waals surface area contributed by atoms with Gasteiger partial charge >= 0.3 is 6.18 Å². The standard InChI is InChI=1S/C13H17F3N2O2/c1-9-7-18(4-5-19-9)10-2-3-11(17)12(6-10)20-8-13(14,15)16/h2-3,6,9H,4-5,7-8,17H2,1H3. The summed E-state index contributed by atoms with van der Waals surface area (Å²) in [5.41, 5.74) is 6.62. The Labute approximate surface area is 115 Å². The summed E-state index contributed by atoms with van der Waals surface area (Å²) in [6, 6.07) is 4.87. The number of alkyl halides is 3. The van der Waals surface area contributed by atoms with Crippen LogP contribution in [-0.4, -0.2) is 38.6 Å². The number of hydrogen-bond acceptors (Lipinski definition) is 4. The van der Waals surface area contributed by atoms with Crippen molar-refractivity contribution in [2.75, 3.05) is 36.9 Å². The van der Waals surface area contributed by atoms with Gasteiger partial charge < -0.3 is 20.1 Å². The number of rotatable bonds is 3. The maximum absolute atomic E-state index is 12.2. The minimum absolute atomic E-state index is 0.0546. The number of hydrogen-bond donors (Lipinski definition) is 1. The number of nitrogen functional groups attached to an aromatic ring is 1. The number of anilines is 2. The van der Waals surface area contributed by atoms with Gasteiger partial charge in [0.15, 0.2) is 6.61 Å². The van der Waals surface area contributed by atoms with Crippen LogP contribution in [0.15, 0.2) is 18.2 Å². The van der Waals surface area contributed by atoms with Crippen molar-refractivity contribution in [1.82, 2.24) is 0 Å². The Morgan fingerprint density at radius 1 is 1.45 bits per heavy atom. The van der Waals surface area contributed by atoms with Crippen molar-refractivity contribution < 1.29 is 22.6 Å². The van der Waals surface area contributed by atoms with E-state index >= 15 is 0 Å². The van der Waals surface area contributed by atoms with E-state index in [0.29, 0.717) is 19.7 Å². The van der Waals surface area contributed by atoms with Crippen LogP contribution in [0.2, 0.25) is 0 Å². The van der Waals surface area contributed by atoms with Crippen molar-refractivity contribution in [3.05, 3.63) is 18.2 Å². The molecule has 1 aliphatic rings. The fourth-order valence-electron chi connectivity index (χ4n) is 2.06. The fraction of sp³-hybridized carbons (Fsp3) is 0.538. The second kappa shape index (κ2) is 5.78. The van der Waals surface area contributed by atoms with Crippen LogP contribution in [0.4, 0.5) is 24.5 Å². The summed E-state index contributed by atoms with van der Waals surface area (Å²) in [7, 11) is 0. The van der Waals surface area contributed by atoms with Gasteiger partial charge in [-0.3, -0.25) is 0 Å². The molecule has 1 aromatic rings. The highest BCUT2D eigenvalue weighted by Crippen LogP contribution is 2.30. The molecular weight excluding hydrogens is 273 g/mol. The van der Waals surface area contributed by atoms with E-state index < -0.39 is 12.8 Å². The van der Waals surface area contributed by atoms with Gasteiger partial charge in [0, 0.05) is 24.8 Å². The molecule has 0 aromatic heterocycles. The number of halogens is 3. The molecule has 1 fully saturated rings. The Bertz CT molecular complexity index is 465. The van der Waals surface area contributed by atoms with E-state index in [-0.39, 0.29) is 17.5 Å². The van der Waals surface area contributed by atoms with Gasteiger partial charge in [-0.25, -0.2) is 0 Å². The van der Waals surface area contributed by atoms with Crippen molar-refractivity contribution >= 4 is 11.4 Å². The lowest BCUT2D eigenvalue weighted by Gasteiger charge is -2.33. The van der Waals surface area contributed by atoms with E-state index in [4.69, 9.17) is 15.2 Å². The zero-order valence-electron chi connectivity index (χ0n) is 11.1. The Morgan fingerprint density at radius 2 is 2.20 bits per heavy atom. The van der Waals surface area contributed by atoms with Crippen molar-refractivity contribution in [2.24, 2.45) is 0 Å². The molecule has 0 aliphatic carbocycles. The first-order chi connectivity index (χ1) is 9.35. The summed E-state index contributed by atoms with van der Waals surface area (Å²) in [5.74, 6) is 0.0546. The van der Waals surface area contributed by atoms with Crippen LogP contribution in [0.25, 0.3) is 0 Å². The molecule has 20 heavy (non-hydrogen) atoms. The van der Waals surface area contributed by atoms with Gasteiger partial charge in [0.25, 0.3) is 0 Å². The second-order valence-corrected chi connectivity index (χ2v) is 4.75. The quantitative estimate of drug-likeness (QED) is 0.869. The first-order valence-corrected chi connectivity index (χ1v) is 6.31. The molecule has 1 atom stereocenters. The summed E-state index contributed by atoms with van der Waals surface area (Å²) in [6.45, 7) is 2.56. The van der Waals surface area contributed by atoms with E-state index in [9.17, 15) is 13.2 Å².